The highest BCUT2D eigenvalue weighted by Crippen LogP contribution is 2.60. The van der Waals surface area contributed by atoms with Crippen molar-refractivity contribution in [2.24, 2.45) is 17.3 Å². The lowest BCUT2D eigenvalue weighted by Gasteiger charge is -2.59. The van der Waals surface area contributed by atoms with Crippen molar-refractivity contribution in [1.29, 1.82) is 0 Å². The number of rotatable bonds is 4. The lowest BCUT2D eigenvalue weighted by Crippen LogP contribution is -2.58. The number of urea groups is 1. The topological polar surface area (TPSA) is 67.2 Å². The van der Waals surface area contributed by atoms with Crippen LogP contribution in [0.3, 0.4) is 0 Å². The van der Waals surface area contributed by atoms with Gasteiger partial charge in [-0.15, -0.1) is 0 Å². The number of fused-ring (bicyclic) bond motifs is 2. The zero-order valence-corrected chi connectivity index (χ0v) is 14.5. The number of carbonyl (C=O) groups is 1. The van der Waals surface area contributed by atoms with Crippen molar-refractivity contribution in [1.82, 2.24) is 15.6 Å². The second-order valence-electron chi connectivity index (χ2n) is 7.47. The van der Waals surface area contributed by atoms with E-state index in [2.05, 4.69) is 36.0 Å². The lowest BCUT2D eigenvalue weighted by atomic mass is 9.46. The Labute approximate surface area is 137 Å². The minimum Gasteiger partial charge on any atom is -0.444 e. The molecular weight excluding hydrogens is 290 g/mol. The van der Waals surface area contributed by atoms with Gasteiger partial charge in [-0.25, -0.2) is 9.78 Å². The minimum atomic E-state index is -0.163. The Bertz CT molecular complexity index is 632. The Morgan fingerprint density at radius 3 is 2.74 bits per heavy atom. The number of aromatic nitrogens is 1. The Balaban J connectivity index is 1.52. The first-order valence-electron chi connectivity index (χ1n) is 8.51. The van der Waals surface area contributed by atoms with Gasteiger partial charge in [0.05, 0.1) is 18.3 Å². The lowest BCUT2D eigenvalue weighted by molar-refractivity contribution is -0.0368. The fraction of sp³-hybridized carbons (Fsp3) is 0.667. The van der Waals surface area contributed by atoms with Gasteiger partial charge in [0, 0.05) is 6.42 Å². The highest BCUT2D eigenvalue weighted by atomic mass is 16.4. The van der Waals surface area contributed by atoms with Crippen LogP contribution in [-0.2, 0) is 13.0 Å². The first kappa shape index (κ1) is 16.1. The average molecular weight is 317 g/mol. The van der Waals surface area contributed by atoms with Crippen molar-refractivity contribution < 1.29 is 9.21 Å². The second kappa shape index (κ2) is 5.69. The molecule has 1 heterocycles. The van der Waals surface area contributed by atoms with Crippen LogP contribution in [0.25, 0.3) is 0 Å². The van der Waals surface area contributed by atoms with Crippen LogP contribution in [0.15, 0.2) is 16.6 Å². The molecule has 5 heteroatoms. The molecule has 2 amide bonds. The van der Waals surface area contributed by atoms with Crippen LogP contribution in [0.2, 0.25) is 0 Å². The first-order valence-corrected chi connectivity index (χ1v) is 8.51. The third-order valence-corrected chi connectivity index (χ3v) is 5.84. The van der Waals surface area contributed by atoms with E-state index in [1.165, 1.54) is 12.0 Å². The predicted molar refractivity (Wildman–Crippen MR) is 88.9 cm³/mol. The number of amides is 2. The molecule has 1 aromatic rings. The van der Waals surface area contributed by atoms with Gasteiger partial charge in [-0.1, -0.05) is 32.9 Å². The van der Waals surface area contributed by atoms with E-state index in [4.69, 9.17) is 4.42 Å². The van der Waals surface area contributed by atoms with Gasteiger partial charge in [-0.2, -0.15) is 0 Å². The summed E-state index contributed by atoms with van der Waals surface area (Å²) in [5, 5.41) is 5.94. The summed E-state index contributed by atoms with van der Waals surface area (Å²) < 4.78 is 5.61. The third kappa shape index (κ3) is 2.77. The normalized spacial score (nSPS) is 28.2. The molecular formula is C18H27N3O2. The van der Waals surface area contributed by atoms with E-state index in [9.17, 15) is 4.79 Å². The van der Waals surface area contributed by atoms with E-state index >= 15 is 0 Å². The summed E-state index contributed by atoms with van der Waals surface area (Å²) in [7, 11) is 0. The summed E-state index contributed by atoms with van der Waals surface area (Å²) >= 11 is 0. The first-order chi connectivity index (χ1) is 10.8. The summed E-state index contributed by atoms with van der Waals surface area (Å²) in [5.74, 6) is 2.66. The molecule has 23 heavy (non-hydrogen) atoms. The summed E-state index contributed by atoms with van der Waals surface area (Å²) in [5.41, 5.74) is 2.36. The van der Waals surface area contributed by atoms with Crippen molar-refractivity contribution in [2.45, 2.75) is 59.5 Å². The third-order valence-electron chi connectivity index (χ3n) is 5.84. The Hall–Kier alpha value is -1.78. The van der Waals surface area contributed by atoms with Crippen LogP contribution in [0, 0.1) is 24.2 Å². The summed E-state index contributed by atoms with van der Waals surface area (Å²) in [6.07, 6.45) is 2.98. The van der Waals surface area contributed by atoms with E-state index in [0.29, 0.717) is 29.7 Å². The summed E-state index contributed by atoms with van der Waals surface area (Å²) in [6, 6.07) is -0.0714. The molecule has 2 N–H and O–H groups in total. The van der Waals surface area contributed by atoms with E-state index in [-0.39, 0.29) is 12.1 Å². The van der Waals surface area contributed by atoms with Gasteiger partial charge in [0.25, 0.3) is 0 Å². The van der Waals surface area contributed by atoms with Crippen molar-refractivity contribution in [3.63, 3.8) is 0 Å². The number of nitrogens with zero attached hydrogens (tertiary/aromatic N) is 1. The maximum atomic E-state index is 12.2. The van der Waals surface area contributed by atoms with Gasteiger partial charge in [0.15, 0.2) is 5.89 Å². The van der Waals surface area contributed by atoms with Crippen LogP contribution >= 0.6 is 0 Å². The molecule has 5 nitrogen and oxygen atoms in total. The molecule has 4 rings (SSSR count). The van der Waals surface area contributed by atoms with E-state index in [0.717, 1.165) is 24.3 Å². The molecule has 3 aliphatic rings. The number of nitrogens with one attached hydrogen (secondary N) is 2. The van der Waals surface area contributed by atoms with Crippen LogP contribution < -0.4 is 10.6 Å². The maximum Gasteiger partial charge on any atom is 0.315 e. The predicted octanol–water partition coefficient (Wildman–Crippen LogP) is 3.34. The second-order valence-corrected chi connectivity index (χ2v) is 7.47. The van der Waals surface area contributed by atoms with Crippen LogP contribution in [0.5, 0.6) is 0 Å². The van der Waals surface area contributed by atoms with Gasteiger partial charge in [-0.05, 0) is 37.0 Å². The smallest absolute Gasteiger partial charge is 0.315 e. The Morgan fingerprint density at radius 2 is 2.17 bits per heavy atom. The maximum absolute atomic E-state index is 12.2. The monoisotopic (exact) mass is 317 g/mol. The standard InChI is InChI=1S/C18H27N3O2/c1-6-16-20-11(3)15(23-16)9-19-17(22)21-14-8-12-7-13(10(14)2)18(12,4)5/h12-14H,2,6-9H2,1,3-5H3,(H2,19,21,22)/t12-,13+,14?/m1/s1. The quantitative estimate of drug-likeness (QED) is 0.837. The van der Waals surface area contributed by atoms with Gasteiger partial charge in [0.2, 0.25) is 0 Å². The molecule has 2 bridgehead atoms. The van der Waals surface area contributed by atoms with Crippen molar-refractivity contribution in [3.8, 4) is 0 Å². The average Bonchev–Trinajstić information content (AvgIpc) is 2.87. The highest BCUT2D eigenvalue weighted by molar-refractivity contribution is 5.74. The van der Waals surface area contributed by atoms with E-state index in [1.54, 1.807) is 0 Å². The molecule has 3 aliphatic carbocycles. The molecule has 1 unspecified atom stereocenters. The van der Waals surface area contributed by atoms with Gasteiger partial charge in [0.1, 0.15) is 5.76 Å². The number of hydrogen-bond donors (Lipinski definition) is 2. The number of carbonyl (C=O) groups excluding carboxylic acids is 1. The molecule has 126 valence electrons. The number of aryl methyl sites for hydroxylation is 2. The SMILES string of the molecule is C=C1C(NC(=O)NCc2oc(CC)nc2C)C[C@H]2C[C@@H]1C2(C)C. The molecule has 3 atom stereocenters. The molecule has 0 spiro atoms. The largest absolute Gasteiger partial charge is 0.444 e. The summed E-state index contributed by atoms with van der Waals surface area (Å²) in [6.45, 7) is 13.1. The fourth-order valence-electron chi connectivity index (χ4n) is 4.05. The fourth-order valence-corrected chi connectivity index (χ4v) is 4.05. The van der Waals surface area contributed by atoms with E-state index in [1.807, 2.05) is 13.8 Å². The van der Waals surface area contributed by atoms with Gasteiger partial charge < -0.3 is 15.1 Å². The Morgan fingerprint density at radius 1 is 1.43 bits per heavy atom. The molecule has 1 aromatic heterocycles. The van der Waals surface area contributed by atoms with Gasteiger partial charge >= 0.3 is 6.03 Å². The van der Waals surface area contributed by atoms with Crippen LogP contribution in [0.1, 0.15) is 51.0 Å². The zero-order valence-electron chi connectivity index (χ0n) is 14.5. The molecule has 3 saturated carbocycles. The molecule has 3 fully saturated rings. The molecule has 0 aromatic carbocycles. The summed E-state index contributed by atoms with van der Waals surface area (Å²) in [4.78, 5) is 16.5. The van der Waals surface area contributed by atoms with Crippen molar-refractivity contribution >= 4 is 6.03 Å². The highest BCUT2D eigenvalue weighted by Gasteiger charge is 2.54. The van der Waals surface area contributed by atoms with Gasteiger partial charge in [-0.3, -0.25) is 0 Å². The van der Waals surface area contributed by atoms with Crippen molar-refractivity contribution in [2.75, 3.05) is 0 Å². The molecule has 0 saturated heterocycles. The molecule has 0 radical (unpaired) electrons. The number of hydrogen-bond acceptors (Lipinski definition) is 3. The van der Waals surface area contributed by atoms with Crippen molar-refractivity contribution in [3.05, 3.63) is 29.5 Å². The van der Waals surface area contributed by atoms with E-state index < -0.39 is 0 Å². The molecule has 0 aliphatic heterocycles. The van der Waals surface area contributed by atoms with Crippen LogP contribution in [0.4, 0.5) is 4.79 Å². The minimum absolute atomic E-state index is 0.0915. The number of oxazole rings is 1. The Kier molecular flexibility index (Phi) is 3.98. The zero-order chi connectivity index (χ0) is 16.8. The van der Waals surface area contributed by atoms with Crippen LogP contribution in [-0.4, -0.2) is 17.1 Å².